The van der Waals surface area contributed by atoms with Gasteiger partial charge in [-0.05, 0) is 51.9 Å². The van der Waals surface area contributed by atoms with Crippen molar-refractivity contribution in [1.82, 2.24) is 29.5 Å². The van der Waals surface area contributed by atoms with Crippen LogP contribution in [0.5, 0.6) is 0 Å². The Morgan fingerprint density at radius 1 is 1.38 bits per heavy atom. The molecule has 1 amide bonds. The van der Waals surface area contributed by atoms with Gasteiger partial charge >= 0.3 is 0 Å². The Morgan fingerprint density at radius 3 is 2.88 bits per heavy atom. The summed E-state index contributed by atoms with van der Waals surface area (Å²) >= 11 is 0. The number of carbonyl (C=O) groups excluding carboxylic acids is 1. The number of aromatic nitrogens is 4. The monoisotopic (exact) mass is 356 g/mol. The van der Waals surface area contributed by atoms with Crippen molar-refractivity contribution in [1.29, 1.82) is 0 Å². The Kier molecular flexibility index (Phi) is 5.66. The number of likely N-dealkylation sites (tertiary alicyclic amines) is 1. The summed E-state index contributed by atoms with van der Waals surface area (Å²) in [5.74, 6) is 0.949. The molecule has 1 fully saturated rings. The summed E-state index contributed by atoms with van der Waals surface area (Å²) in [6, 6.07) is 1.94. The van der Waals surface area contributed by atoms with Gasteiger partial charge in [0, 0.05) is 39.0 Å². The molecule has 140 valence electrons. The predicted octanol–water partition coefficient (Wildman–Crippen LogP) is 1.88. The Labute approximate surface area is 155 Å². The van der Waals surface area contributed by atoms with Crippen LogP contribution in [-0.2, 0) is 24.8 Å². The molecule has 0 N–H and O–H groups in total. The number of rotatable bonds is 6. The highest BCUT2D eigenvalue weighted by Gasteiger charge is 2.31. The van der Waals surface area contributed by atoms with Gasteiger partial charge in [-0.3, -0.25) is 9.48 Å². The summed E-state index contributed by atoms with van der Waals surface area (Å²) in [7, 11) is 5.95. The van der Waals surface area contributed by atoms with Crippen molar-refractivity contribution in [2.24, 2.45) is 7.05 Å². The lowest BCUT2D eigenvalue weighted by molar-refractivity contribution is -0.132. The molecule has 1 aliphatic heterocycles. The van der Waals surface area contributed by atoms with Gasteiger partial charge in [-0.15, -0.1) is 0 Å². The lowest BCUT2D eigenvalue weighted by Crippen LogP contribution is -2.31. The number of aryl methyl sites for hydroxylation is 3. The van der Waals surface area contributed by atoms with E-state index in [0.717, 1.165) is 55.1 Å². The normalized spacial score (nSPS) is 17.3. The molecule has 7 nitrogen and oxygen atoms in total. The van der Waals surface area contributed by atoms with Crippen LogP contribution in [0, 0.1) is 6.92 Å². The topological polar surface area (TPSA) is 67.2 Å². The molecule has 0 aromatic carbocycles. The lowest BCUT2D eigenvalue weighted by Gasteiger charge is -2.24. The van der Waals surface area contributed by atoms with Crippen LogP contribution in [0.3, 0.4) is 0 Å². The molecular weight excluding hydrogens is 328 g/mol. The fraction of sp³-hybridized carbons (Fsp3) is 0.579. The highest BCUT2D eigenvalue weighted by molar-refractivity contribution is 5.77. The molecule has 2 aromatic heterocycles. The van der Waals surface area contributed by atoms with E-state index in [-0.39, 0.29) is 11.9 Å². The average molecular weight is 356 g/mol. The van der Waals surface area contributed by atoms with Crippen LogP contribution < -0.4 is 0 Å². The molecule has 26 heavy (non-hydrogen) atoms. The summed E-state index contributed by atoms with van der Waals surface area (Å²) in [5, 5.41) is 4.35. The summed E-state index contributed by atoms with van der Waals surface area (Å²) in [6.45, 7) is 3.55. The van der Waals surface area contributed by atoms with Crippen molar-refractivity contribution in [3.63, 3.8) is 0 Å². The van der Waals surface area contributed by atoms with Crippen LogP contribution in [0.15, 0.2) is 18.5 Å². The van der Waals surface area contributed by atoms with Crippen LogP contribution >= 0.6 is 0 Å². The highest BCUT2D eigenvalue weighted by atomic mass is 16.2. The van der Waals surface area contributed by atoms with Crippen molar-refractivity contribution in [3.8, 4) is 0 Å². The van der Waals surface area contributed by atoms with Gasteiger partial charge in [0.2, 0.25) is 5.91 Å². The summed E-state index contributed by atoms with van der Waals surface area (Å²) in [6.07, 6.45) is 6.97. The van der Waals surface area contributed by atoms with Gasteiger partial charge < -0.3 is 9.80 Å². The van der Waals surface area contributed by atoms with Crippen LogP contribution in [0.1, 0.15) is 48.1 Å². The van der Waals surface area contributed by atoms with E-state index in [4.69, 9.17) is 4.98 Å². The third kappa shape index (κ3) is 4.27. The first-order chi connectivity index (χ1) is 12.4. The molecule has 3 heterocycles. The van der Waals surface area contributed by atoms with E-state index in [9.17, 15) is 4.79 Å². The Hall–Kier alpha value is -2.28. The zero-order valence-corrected chi connectivity index (χ0v) is 16.1. The van der Waals surface area contributed by atoms with E-state index in [0.29, 0.717) is 6.42 Å². The van der Waals surface area contributed by atoms with E-state index >= 15 is 0 Å². The van der Waals surface area contributed by atoms with Gasteiger partial charge in [-0.2, -0.15) is 5.10 Å². The summed E-state index contributed by atoms with van der Waals surface area (Å²) in [4.78, 5) is 26.0. The minimum Gasteiger partial charge on any atom is -0.332 e. The summed E-state index contributed by atoms with van der Waals surface area (Å²) < 4.78 is 1.80. The third-order valence-corrected chi connectivity index (χ3v) is 4.80. The van der Waals surface area contributed by atoms with Crippen LogP contribution in [0.4, 0.5) is 0 Å². The van der Waals surface area contributed by atoms with Gasteiger partial charge in [0.15, 0.2) is 5.82 Å². The highest BCUT2D eigenvalue weighted by Crippen LogP contribution is 2.30. The molecule has 0 spiro atoms. The largest absolute Gasteiger partial charge is 0.332 e. The molecule has 1 saturated heterocycles. The molecule has 3 rings (SSSR count). The smallest absolute Gasteiger partial charge is 0.223 e. The van der Waals surface area contributed by atoms with E-state index in [1.54, 1.807) is 10.9 Å². The van der Waals surface area contributed by atoms with E-state index in [1.807, 2.05) is 45.2 Å². The Bertz CT molecular complexity index is 769. The number of amides is 1. The van der Waals surface area contributed by atoms with Crippen molar-refractivity contribution in [2.45, 2.75) is 45.2 Å². The molecule has 0 aliphatic carbocycles. The maximum Gasteiger partial charge on any atom is 0.223 e. The standard InChI is InChI=1S/C19H28N6O/c1-14-15(12-24(4)22-14)7-8-18(26)25-11-5-6-17(25)19-20-10-9-16(21-19)13-23(2)3/h9-10,12,17H,5-8,11,13H2,1-4H3. The maximum absolute atomic E-state index is 12.8. The average Bonchev–Trinajstić information content (AvgIpc) is 3.18. The quantitative estimate of drug-likeness (QED) is 0.790. The van der Waals surface area contributed by atoms with E-state index in [1.165, 1.54) is 0 Å². The van der Waals surface area contributed by atoms with Gasteiger partial charge in [-0.25, -0.2) is 9.97 Å². The fourth-order valence-corrected chi connectivity index (χ4v) is 3.60. The lowest BCUT2D eigenvalue weighted by atomic mass is 10.1. The summed E-state index contributed by atoms with van der Waals surface area (Å²) in [5.41, 5.74) is 3.13. The van der Waals surface area contributed by atoms with Crippen molar-refractivity contribution in [3.05, 3.63) is 41.2 Å². The van der Waals surface area contributed by atoms with Crippen molar-refractivity contribution in [2.75, 3.05) is 20.6 Å². The molecule has 2 aromatic rings. The molecule has 1 aliphatic rings. The van der Waals surface area contributed by atoms with Crippen molar-refractivity contribution < 1.29 is 4.79 Å². The number of hydrogen-bond donors (Lipinski definition) is 0. The molecular formula is C19H28N6O. The predicted molar refractivity (Wildman–Crippen MR) is 99.4 cm³/mol. The minimum atomic E-state index is -0.000363. The van der Waals surface area contributed by atoms with Gasteiger partial charge in [-0.1, -0.05) is 0 Å². The molecule has 0 saturated carbocycles. The zero-order valence-electron chi connectivity index (χ0n) is 16.1. The zero-order chi connectivity index (χ0) is 18.7. The van der Waals surface area contributed by atoms with Gasteiger partial charge in [0.05, 0.1) is 17.4 Å². The van der Waals surface area contributed by atoms with Crippen LogP contribution in [0.25, 0.3) is 0 Å². The third-order valence-electron chi connectivity index (χ3n) is 4.80. The molecule has 1 atom stereocenters. The van der Waals surface area contributed by atoms with Crippen LogP contribution in [-0.4, -0.2) is 56.1 Å². The second-order valence-electron chi connectivity index (χ2n) is 7.30. The number of nitrogens with zero attached hydrogens (tertiary/aromatic N) is 6. The van der Waals surface area contributed by atoms with Crippen molar-refractivity contribution >= 4 is 5.91 Å². The molecule has 0 radical (unpaired) electrons. The van der Waals surface area contributed by atoms with Gasteiger partial charge in [0.25, 0.3) is 0 Å². The number of carbonyl (C=O) groups is 1. The Balaban J connectivity index is 1.67. The fourth-order valence-electron chi connectivity index (χ4n) is 3.60. The number of hydrogen-bond acceptors (Lipinski definition) is 5. The first-order valence-corrected chi connectivity index (χ1v) is 9.19. The van der Waals surface area contributed by atoms with E-state index < -0.39 is 0 Å². The first kappa shape index (κ1) is 18.5. The SMILES string of the molecule is Cc1nn(C)cc1CCC(=O)N1CCCC1c1nccc(CN(C)C)n1. The Morgan fingerprint density at radius 2 is 2.19 bits per heavy atom. The molecule has 1 unspecified atom stereocenters. The van der Waals surface area contributed by atoms with Crippen LogP contribution in [0.2, 0.25) is 0 Å². The second-order valence-corrected chi connectivity index (χ2v) is 7.30. The maximum atomic E-state index is 12.8. The molecule has 7 heteroatoms. The second kappa shape index (κ2) is 7.95. The van der Waals surface area contributed by atoms with Gasteiger partial charge in [0.1, 0.15) is 0 Å². The van der Waals surface area contributed by atoms with E-state index in [2.05, 4.69) is 15.0 Å². The minimum absolute atomic E-state index is 0.000363. The first-order valence-electron chi connectivity index (χ1n) is 9.19. The molecule has 0 bridgehead atoms.